The Labute approximate surface area is 136 Å². The number of benzene rings is 1. The van der Waals surface area contributed by atoms with Crippen LogP contribution >= 0.6 is 0 Å². The molecule has 2 rings (SSSR count). The summed E-state index contributed by atoms with van der Waals surface area (Å²) in [6, 6.07) is 8.90. The molecule has 0 bridgehead atoms. The van der Waals surface area contributed by atoms with E-state index in [2.05, 4.69) is 77.6 Å². The smallest absolute Gasteiger partial charge is 0.00281 e. The molecule has 0 nitrogen and oxygen atoms in total. The second-order valence-electron chi connectivity index (χ2n) is 6.92. The van der Waals surface area contributed by atoms with Crippen molar-refractivity contribution in [3.63, 3.8) is 0 Å². The molecule has 0 amide bonds. The highest BCUT2D eigenvalue weighted by molar-refractivity contribution is 5.73. The van der Waals surface area contributed by atoms with E-state index in [1.807, 2.05) is 0 Å². The molecular weight excluding hydrogens is 264 g/mol. The summed E-state index contributed by atoms with van der Waals surface area (Å²) in [6.45, 7) is 15.4. The van der Waals surface area contributed by atoms with Gasteiger partial charge in [-0.3, -0.25) is 0 Å². The fourth-order valence-corrected chi connectivity index (χ4v) is 3.63. The molecule has 0 heteroatoms. The molecule has 118 valence electrons. The summed E-state index contributed by atoms with van der Waals surface area (Å²) in [4.78, 5) is 0. The second kappa shape index (κ2) is 6.69. The highest BCUT2D eigenvalue weighted by Gasteiger charge is 2.34. The van der Waals surface area contributed by atoms with Gasteiger partial charge in [0.25, 0.3) is 0 Å². The summed E-state index contributed by atoms with van der Waals surface area (Å²) in [6.07, 6.45) is 8.41. The molecule has 0 aromatic heterocycles. The van der Waals surface area contributed by atoms with Crippen LogP contribution in [0.1, 0.15) is 65.0 Å². The molecule has 1 aromatic carbocycles. The van der Waals surface area contributed by atoms with Gasteiger partial charge in [-0.25, -0.2) is 0 Å². The Morgan fingerprint density at radius 2 is 1.91 bits per heavy atom. The molecule has 0 spiro atoms. The predicted molar refractivity (Wildman–Crippen MR) is 99.7 cm³/mol. The summed E-state index contributed by atoms with van der Waals surface area (Å²) in [5, 5.41) is 0. The van der Waals surface area contributed by atoms with Gasteiger partial charge < -0.3 is 0 Å². The summed E-state index contributed by atoms with van der Waals surface area (Å²) in [5.41, 5.74) is 7.16. The predicted octanol–water partition coefficient (Wildman–Crippen LogP) is 6.90. The first-order valence-corrected chi connectivity index (χ1v) is 8.59. The molecule has 0 heterocycles. The first-order valence-electron chi connectivity index (χ1n) is 8.59. The van der Waals surface area contributed by atoms with Gasteiger partial charge in [0.05, 0.1) is 0 Å². The Balaban J connectivity index is 2.40. The van der Waals surface area contributed by atoms with Crippen molar-refractivity contribution < 1.29 is 0 Å². The largest absolute Gasteiger partial charge is 0.0955 e. The number of hydrogen-bond donors (Lipinski definition) is 0. The average molecular weight is 294 g/mol. The molecule has 2 unspecified atom stereocenters. The van der Waals surface area contributed by atoms with Gasteiger partial charge in [0.15, 0.2) is 0 Å². The minimum atomic E-state index is 0.330. The Morgan fingerprint density at radius 1 is 1.27 bits per heavy atom. The molecule has 1 aromatic rings. The van der Waals surface area contributed by atoms with Gasteiger partial charge in [0, 0.05) is 5.92 Å². The van der Waals surface area contributed by atoms with Crippen LogP contribution in [0, 0.1) is 11.3 Å². The zero-order chi connectivity index (χ0) is 16.3. The van der Waals surface area contributed by atoms with Crippen molar-refractivity contribution in [2.24, 2.45) is 11.3 Å². The number of rotatable bonds is 4. The lowest BCUT2D eigenvalue weighted by atomic mass is 9.65. The molecule has 2 atom stereocenters. The maximum Gasteiger partial charge on any atom is 0.00281 e. The van der Waals surface area contributed by atoms with Crippen LogP contribution in [0.2, 0.25) is 0 Å². The van der Waals surface area contributed by atoms with Crippen LogP contribution in [0.25, 0.3) is 11.1 Å². The van der Waals surface area contributed by atoms with E-state index in [0.717, 1.165) is 18.4 Å². The number of allylic oxidation sites excluding steroid dienone is 5. The third-order valence-corrected chi connectivity index (χ3v) is 5.32. The van der Waals surface area contributed by atoms with Crippen LogP contribution in [-0.4, -0.2) is 0 Å². The monoisotopic (exact) mass is 294 g/mol. The highest BCUT2D eigenvalue weighted by Crippen LogP contribution is 2.48. The van der Waals surface area contributed by atoms with E-state index in [0.29, 0.717) is 11.3 Å². The Bertz CT molecular complexity index is 597. The van der Waals surface area contributed by atoms with Gasteiger partial charge in [-0.1, -0.05) is 81.8 Å². The van der Waals surface area contributed by atoms with Gasteiger partial charge in [-0.15, -0.1) is 0 Å². The minimum absolute atomic E-state index is 0.330. The van der Waals surface area contributed by atoms with Crippen molar-refractivity contribution in [3.8, 4) is 0 Å². The molecule has 0 N–H and O–H groups in total. The second-order valence-corrected chi connectivity index (χ2v) is 6.92. The first kappa shape index (κ1) is 16.8. The van der Waals surface area contributed by atoms with Crippen LogP contribution in [0.15, 0.2) is 48.6 Å². The maximum absolute atomic E-state index is 4.03. The molecule has 0 fully saturated rings. The van der Waals surface area contributed by atoms with Gasteiger partial charge >= 0.3 is 0 Å². The normalized spacial score (nSPS) is 26.9. The fraction of sp³-hybridized carbons (Fsp3) is 0.455. The third kappa shape index (κ3) is 3.11. The standard InChI is InChI=1S/C22H30/c1-7-9-21-17(5)20(14-15-22(21,6)8-2)19-12-10-18(11-13-19)16(3)4/h9-14,17H,3,7-8,15H2,1-2,4-6H3/b21-9-. The lowest BCUT2D eigenvalue weighted by molar-refractivity contribution is 0.351. The van der Waals surface area contributed by atoms with Crippen molar-refractivity contribution in [3.05, 3.63) is 59.7 Å². The van der Waals surface area contributed by atoms with E-state index in [4.69, 9.17) is 0 Å². The summed E-state index contributed by atoms with van der Waals surface area (Å²) in [5.74, 6) is 0.509. The molecule has 0 radical (unpaired) electrons. The first-order chi connectivity index (χ1) is 10.4. The molecule has 1 aliphatic carbocycles. The van der Waals surface area contributed by atoms with Crippen molar-refractivity contribution in [1.82, 2.24) is 0 Å². The lowest BCUT2D eigenvalue weighted by Gasteiger charge is -2.40. The SMILES string of the molecule is C=C(C)c1ccc(C2=CCC(C)(CC)/C(=C\CC)C2C)cc1. The van der Waals surface area contributed by atoms with Gasteiger partial charge in [0.2, 0.25) is 0 Å². The maximum atomic E-state index is 4.03. The van der Waals surface area contributed by atoms with Crippen molar-refractivity contribution in [2.75, 3.05) is 0 Å². The Kier molecular flexibility index (Phi) is 5.11. The Morgan fingerprint density at radius 3 is 2.41 bits per heavy atom. The van der Waals surface area contributed by atoms with E-state index >= 15 is 0 Å². The van der Waals surface area contributed by atoms with Crippen LogP contribution in [0.5, 0.6) is 0 Å². The van der Waals surface area contributed by atoms with Crippen LogP contribution in [0.3, 0.4) is 0 Å². The lowest BCUT2D eigenvalue weighted by Crippen LogP contribution is -2.26. The molecule has 0 saturated heterocycles. The number of hydrogen-bond acceptors (Lipinski definition) is 0. The van der Waals surface area contributed by atoms with E-state index in [1.54, 1.807) is 5.57 Å². The fourth-order valence-electron chi connectivity index (χ4n) is 3.63. The van der Waals surface area contributed by atoms with Crippen LogP contribution < -0.4 is 0 Å². The average Bonchev–Trinajstić information content (AvgIpc) is 2.52. The van der Waals surface area contributed by atoms with Crippen molar-refractivity contribution in [1.29, 1.82) is 0 Å². The Hall–Kier alpha value is -1.56. The zero-order valence-corrected chi connectivity index (χ0v) is 14.9. The summed E-state index contributed by atoms with van der Waals surface area (Å²) in [7, 11) is 0. The van der Waals surface area contributed by atoms with Gasteiger partial charge in [-0.2, -0.15) is 0 Å². The van der Waals surface area contributed by atoms with E-state index in [9.17, 15) is 0 Å². The van der Waals surface area contributed by atoms with E-state index in [1.165, 1.54) is 23.1 Å². The summed E-state index contributed by atoms with van der Waals surface area (Å²) < 4.78 is 0. The van der Waals surface area contributed by atoms with Gasteiger partial charge in [-0.05, 0) is 48.3 Å². The topological polar surface area (TPSA) is 0 Å². The minimum Gasteiger partial charge on any atom is -0.0955 e. The zero-order valence-electron chi connectivity index (χ0n) is 14.9. The summed E-state index contributed by atoms with van der Waals surface area (Å²) >= 11 is 0. The third-order valence-electron chi connectivity index (χ3n) is 5.32. The molecule has 22 heavy (non-hydrogen) atoms. The molecule has 1 aliphatic rings. The molecule has 0 aliphatic heterocycles. The van der Waals surface area contributed by atoms with Crippen LogP contribution in [-0.2, 0) is 0 Å². The van der Waals surface area contributed by atoms with Gasteiger partial charge in [0.1, 0.15) is 0 Å². The highest BCUT2D eigenvalue weighted by atomic mass is 14.4. The van der Waals surface area contributed by atoms with E-state index < -0.39 is 0 Å². The van der Waals surface area contributed by atoms with E-state index in [-0.39, 0.29) is 0 Å². The quantitative estimate of drug-likeness (QED) is 0.530. The van der Waals surface area contributed by atoms with Crippen molar-refractivity contribution in [2.45, 2.75) is 53.9 Å². The van der Waals surface area contributed by atoms with Crippen LogP contribution in [0.4, 0.5) is 0 Å². The molecular formula is C22H30. The van der Waals surface area contributed by atoms with Crippen molar-refractivity contribution >= 4 is 11.1 Å². The molecule has 0 saturated carbocycles.